The lowest BCUT2D eigenvalue weighted by molar-refractivity contribution is 0.177. The van der Waals surface area contributed by atoms with Crippen LogP contribution in [0.5, 0.6) is 5.75 Å². The average Bonchev–Trinajstić information content (AvgIpc) is 2.39. The van der Waals surface area contributed by atoms with Gasteiger partial charge in [0.05, 0.1) is 13.2 Å². The summed E-state index contributed by atoms with van der Waals surface area (Å²) in [7, 11) is 1.65. The Morgan fingerprint density at radius 3 is 2.47 bits per heavy atom. The largest absolute Gasteiger partial charge is 0.496 e. The van der Waals surface area contributed by atoms with Crippen LogP contribution in [0.15, 0.2) is 46.9 Å². The second kappa shape index (κ2) is 6.22. The molecule has 2 rings (SSSR count). The molecular weight excluding hydrogens is 304 g/mol. The predicted molar refractivity (Wildman–Crippen MR) is 80.5 cm³/mol. The molecule has 0 saturated carbocycles. The van der Waals surface area contributed by atoms with E-state index in [0.717, 1.165) is 21.3 Å². The van der Waals surface area contributed by atoms with Gasteiger partial charge in [0.2, 0.25) is 0 Å². The van der Waals surface area contributed by atoms with Crippen molar-refractivity contribution < 1.29 is 9.84 Å². The molecule has 0 aliphatic carbocycles. The number of methoxy groups -OCH3 is 1. The first kappa shape index (κ1) is 14.1. The summed E-state index contributed by atoms with van der Waals surface area (Å²) in [5, 5.41) is 10.3. The number of rotatable bonds is 4. The molecule has 0 saturated heterocycles. The summed E-state index contributed by atoms with van der Waals surface area (Å²) >= 11 is 3.39. The number of hydrogen-bond donors (Lipinski definition) is 1. The molecule has 100 valence electrons. The minimum Gasteiger partial charge on any atom is -0.496 e. The summed E-state index contributed by atoms with van der Waals surface area (Å²) in [6.45, 7) is 2.04. The molecule has 0 aliphatic heterocycles. The second-order valence-corrected chi connectivity index (χ2v) is 5.50. The van der Waals surface area contributed by atoms with Gasteiger partial charge in [-0.05, 0) is 36.2 Å². The van der Waals surface area contributed by atoms with Crippen LogP contribution in [-0.4, -0.2) is 12.2 Å². The summed E-state index contributed by atoms with van der Waals surface area (Å²) in [5.74, 6) is 0.821. The number of aliphatic hydroxyl groups is 1. The van der Waals surface area contributed by atoms with Crippen LogP contribution in [0.3, 0.4) is 0 Å². The highest BCUT2D eigenvalue weighted by Gasteiger charge is 2.12. The lowest BCUT2D eigenvalue weighted by Gasteiger charge is -2.14. The van der Waals surface area contributed by atoms with Crippen LogP contribution in [0.2, 0.25) is 0 Å². The van der Waals surface area contributed by atoms with Crippen molar-refractivity contribution in [3.05, 3.63) is 63.6 Å². The SMILES string of the molecule is COc1ccc(C)cc1CC(O)c1ccc(Br)cc1. The number of aliphatic hydroxyl groups excluding tert-OH is 1. The van der Waals surface area contributed by atoms with Crippen LogP contribution < -0.4 is 4.74 Å². The molecule has 0 heterocycles. The molecule has 3 heteroatoms. The highest BCUT2D eigenvalue weighted by molar-refractivity contribution is 9.10. The minimum absolute atomic E-state index is 0.524. The van der Waals surface area contributed by atoms with Gasteiger partial charge < -0.3 is 9.84 Å². The van der Waals surface area contributed by atoms with Crippen molar-refractivity contribution >= 4 is 15.9 Å². The van der Waals surface area contributed by atoms with E-state index < -0.39 is 6.10 Å². The Bertz CT molecular complexity index is 549. The van der Waals surface area contributed by atoms with Gasteiger partial charge >= 0.3 is 0 Å². The predicted octanol–water partition coefficient (Wildman–Crippen LogP) is 4.04. The maximum atomic E-state index is 10.3. The number of aryl methyl sites for hydroxylation is 1. The lowest BCUT2D eigenvalue weighted by Crippen LogP contribution is -2.03. The van der Waals surface area contributed by atoms with Crippen LogP contribution in [0.4, 0.5) is 0 Å². The van der Waals surface area contributed by atoms with Crippen molar-refractivity contribution in [2.45, 2.75) is 19.4 Å². The Morgan fingerprint density at radius 1 is 1.16 bits per heavy atom. The monoisotopic (exact) mass is 320 g/mol. The molecule has 2 nitrogen and oxygen atoms in total. The Labute approximate surface area is 122 Å². The second-order valence-electron chi connectivity index (χ2n) is 4.59. The molecule has 0 aliphatic rings. The van der Waals surface area contributed by atoms with Crippen LogP contribution >= 0.6 is 15.9 Å². The number of hydrogen-bond acceptors (Lipinski definition) is 2. The molecule has 2 aromatic rings. The molecule has 0 fully saturated rings. The lowest BCUT2D eigenvalue weighted by atomic mass is 9.99. The standard InChI is InChI=1S/C16H17BrO2/c1-11-3-8-16(19-2)13(9-11)10-15(18)12-4-6-14(17)7-5-12/h3-9,15,18H,10H2,1-2H3. The van der Waals surface area contributed by atoms with E-state index in [1.54, 1.807) is 7.11 Å². The summed E-state index contributed by atoms with van der Waals surface area (Å²) in [5.41, 5.74) is 3.10. The van der Waals surface area contributed by atoms with E-state index in [1.165, 1.54) is 5.56 Å². The van der Waals surface area contributed by atoms with Crippen molar-refractivity contribution in [3.63, 3.8) is 0 Å². The third-order valence-electron chi connectivity index (χ3n) is 3.10. The van der Waals surface area contributed by atoms with Gasteiger partial charge in [-0.3, -0.25) is 0 Å². The summed E-state index contributed by atoms with van der Waals surface area (Å²) in [6.07, 6.45) is 0.0238. The third-order valence-corrected chi connectivity index (χ3v) is 3.63. The minimum atomic E-state index is -0.524. The topological polar surface area (TPSA) is 29.5 Å². The molecular formula is C16H17BrO2. The van der Waals surface area contributed by atoms with E-state index in [0.29, 0.717) is 6.42 Å². The van der Waals surface area contributed by atoms with Crippen molar-refractivity contribution in [3.8, 4) is 5.75 Å². The van der Waals surface area contributed by atoms with Crippen LogP contribution in [0.1, 0.15) is 22.8 Å². The molecule has 19 heavy (non-hydrogen) atoms. The molecule has 0 aromatic heterocycles. The Balaban J connectivity index is 2.20. The Morgan fingerprint density at radius 2 is 1.84 bits per heavy atom. The maximum absolute atomic E-state index is 10.3. The van der Waals surface area contributed by atoms with Crippen LogP contribution in [0, 0.1) is 6.92 Å². The molecule has 0 spiro atoms. The number of ether oxygens (including phenoxy) is 1. The van der Waals surface area contributed by atoms with E-state index in [1.807, 2.05) is 43.3 Å². The molecule has 0 radical (unpaired) electrons. The number of benzene rings is 2. The normalized spacial score (nSPS) is 12.2. The first-order valence-electron chi connectivity index (χ1n) is 6.17. The van der Waals surface area contributed by atoms with E-state index in [4.69, 9.17) is 4.74 Å². The Hall–Kier alpha value is -1.32. The zero-order chi connectivity index (χ0) is 13.8. The van der Waals surface area contributed by atoms with Gasteiger partial charge in [-0.15, -0.1) is 0 Å². The van der Waals surface area contributed by atoms with Crippen molar-refractivity contribution in [2.24, 2.45) is 0 Å². The maximum Gasteiger partial charge on any atom is 0.122 e. The highest BCUT2D eigenvalue weighted by Crippen LogP contribution is 2.26. The zero-order valence-corrected chi connectivity index (χ0v) is 12.6. The fourth-order valence-corrected chi connectivity index (χ4v) is 2.34. The fourth-order valence-electron chi connectivity index (χ4n) is 2.08. The average molecular weight is 321 g/mol. The van der Waals surface area contributed by atoms with Crippen LogP contribution in [0.25, 0.3) is 0 Å². The van der Waals surface area contributed by atoms with E-state index in [-0.39, 0.29) is 0 Å². The number of halogens is 1. The van der Waals surface area contributed by atoms with E-state index in [2.05, 4.69) is 22.0 Å². The molecule has 0 amide bonds. The molecule has 0 bridgehead atoms. The van der Waals surface area contributed by atoms with Gasteiger partial charge in [-0.25, -0.2) is 0 Å². The van der Waals surface area contributed by atoms with Gasteiger partial charge in [-0.1, -0.05) is 45.8 Å². The molecule has 1 unspecified atom stereocenters. The molecule has 2 aromatic carbocycles. The molecule has 1 N–H and O–H groups in total. The Kier molecular flexibility index (Phi) is 4.61. The zero-order valence-electron chi connectivity index (χ0n) is 11.1. The summed E-state index contributed by atoms with van der Waals surface area (Å²) < 4.78 is 6.35. The first-order chi connectivity index (χ1) is 9.10. The molecule has 1 atom stereocenters. The first-order valence-corrected chi connectivity index (χ1v) is 6.96. The van der Waals surface area contributed by atoms with Gasteiger partial charge in [0.25, 0.3) is 0 Å². The fraction of sp³-hybridized carbons (Fsp3) is 0.250. The van der Waals surface area contributed by atoms with Crippen molar-refractivity contribution in [1.29, 1.82) is 0 Å². The van der Waals surface area contributed by atoms with Gasteiger partial charge in [-0.2, -0.15) is 0 Å². The van der Waals surface area contributed by atoms with Gasteiger partial charge in [0.15, 0.2) is 0 Å². The van der Waals surface area contributed by atoms with Gasteiger partial charge in [0.1, 0.15) is 5.75 Å². The summed E-state index contributed by atoms with van der Waals surface area (Å²) in [4.78, 5) is 0. The van der Waals surface area contributed by atoms with Crippen LogP contribution in [-0.2, 0) is 6.42 Å². The third kappa shape index (κ3) is 3.58. The van der Waals surface area contributed by atoms with E-state index in [9.17, 15) is 5.11 Å². The summed E-state index contributed by atoms with van der Waals surface area (Å²) in [6, 6.07) is 13.7. The van der Waals surface area contributed by atoms with Crippen molar-refractivity contribution in [2.75, 3.05) is 7.11 Å². The highest BCUT2D eigenvalue weighted by atomic mass is 79.9. The smallest absolute Gasteiger partial charge is 0.122 e. The quantitative estimate of drug-likeness (QED) is 0.921. The van der Waals surface area contributed by atoms with Gasteiger partial charge in [0, 0.05) is 10.9 Å². The van der Waals surface area contributed by atoms with Crippen molar-refractivity contribution in [1.82, 2.24) is 0 Å². The van der Waals surface area contributed by atoms with E-state index >= 15 is 0 Å².